The van der Waals surface area contributed by atoms with Gasteiger partial charge in [-0.25, -0.2) is 4.98 Å². The van der Waals surface area contributed by atoms with Gasteiger partial charge in [0.1, 0.15) is 6.04 Å². The highest BCUT2D eigenvalue weighted by molar-refractivity contribution is 7.26. The van der Waals surface area contributed by atoms with E-state index in [1.165, 1.54) is 18.3 Å². The van der Waals surface area contributed by atoms with Gasteiger partial charge in [0.15, 0.2) is 11.4 Å². The molecular formula is C16H15N3O4S. The van der Waals surface area contributed by atoms with Crippen LogP contribution in [0, 0.1) is 13.8 Å². The number of amides is 1. The van der Waals surface area contributed by atoms with E-state index >= 15 is 0 Å². The number of aromatic hydroxyl groups is 1. The van der Waals surface area contributed by atoms with E-state index in [0.717, 1.165) is 21.2 Å². The molecule has 0 aliphatic carbocycles. The fraction of sp³-hybridized carbons (Fsp3) is 0.250. The van der Waals surface area contributed by atoms with Crippen molar-refractivity contribution in [3.05, 3.63) is 29.3 Å². The SMILES string of the molecule is Cc1cc2c(cn1)sc1c(O)c(C(=O)N[C@@H](C)C(=O)O)nc(C)c12. The van der Waals surface area contributed by atoms with E-state index in [-0.39, 0.29) is 11.4 Å². The van der Waals surface area contributed by atoms with Crippen LogP contribution in [-0.2, 0) is 4.79 Å². The van der Waals surface area contributed by atoms with Crippen molar-refractivity contribution in [1.82, 2.24) is 15.3 Å². The van der Waals surface area contributed by atoms with Gasteiger partial charge in [0.25, 0.3) is 5.91 Å². The van der Waals surface area contributed by atoms with Crippen LogP contribution in [0.15, 0.2) is 12.3 Å². The van der Waals surface area contributed by atoms with Crippen molar-refractivity contribution in [2.24, 2.45) is 0 Å². The lowest BCUT2D eigenvalue weighted by Gasteiger charge is -2.11. The van der Waals surface area contributed by atoms with E-state index in [9.17, 15) is 14.7 Å². The quantitative estimate of drug-likeness (QED) is 0.672. The Morgan fingerprint density at radius 3 is 2.71 bits per heavy atom. The van der Waals surface area contributed by atoms with Crippen LogP contribution in [0.1, 0.15) is 28.8 Å². The van der Waals surface area contributed by atoms with Gasteiger partial charge < -0.3 is 15.5 Å². The Hall–Kier alpha value is -2.74. The summed E-state index contributed by atoms with van der Waals surface area (Å²) in [6, 6.07) is 0.832. The van der Waals surface area contributed by atoms with Crippen LogP contribution in [0.25, 0.3) is 20.2 Å². The Bertz CT molecular complexity index is 996. The van der Waals surface area contributed by atoms with Gasteiger partial charge in [-0.3, -0.25) is 14.6 Å². The Morgan fingerprint density at radius 1 is 1.33 bits per heavy atom. The molecule has 0 aliphatic heterocycles. The van der Waals surface area contributed by atoms with E-state index < -0.39 is 17.9 Å². The topological polar surface area (TPSA) is 112 Å². The maximum atomic E-state index is 12.2. The number of nitrogens with one attached hydrogen (secondary N) is 1. The summed E-state index contributed by atoms with van der Waals surface area (Å²) in [4.78, 5) is 31.6. The summed E-state index contributed by atoms with van der Waals surface area (Å²) in [5.41, 5.74) is 1.26. The minimum absolute atomic E-state index is 0.177. The lowest BCUT2D eigenvalue weighted by molar-refractivity contribution is -0.138. The van der Waals surface area contributed by atoms with Gasteiger partial charge in [-0.2, -0.15) is 0 Å². The molecule has 0 aromatic carbocycles. The molecule has 0 saturated carbocycles. The number of aromatic nitrogens is 2. The summed E-state index contributed by atoms with van der Waals surface area (Å²) in [6.07, 6.45) is 1.72. The molecular weight excluding hydrogens is 330 g/mol. The maximum Gasteiger partial charge on any atom is 0.325 e. The van der Waals surface area contributed by atoms with E-state index in [1.807, 2.05) is 13.0 Å². The van der Waals surface area contributed by atoms with Gasteiger partial charge in [-0.15, -0.1) is 11.3 Å². The summed E-state index contributed by atoms with van der Waals surface area (Å²) in [5.74, 6) is -2.13. The second-order valence-electron chi connectivity index (χ2n) is 5.56. The number of thiophene rings is 1. The fourth-order valence-electron chi connectivity index (χ4n) is 2.50. The van der Waals surface area contributed by atoms with Crippen LogP contribution in [-0.4, -0.2) is 38.1 Å². The molecule has 1 amide bonds. The molecule has 0 fully saturated rings. The molecule has 0 radical (unpaired) electrons. The zero-order valence-electron chi connectivity index (χ0n) is 13.2. The first-order valence-electron chi connectivity index (χ1n) is 7.21. The Labute approximate surface area is 141 Å². The zero-order chi connectivity index (χ0) is 17.6. The van der Waals surface area contributed by atoms with Crippen LogP contribution in [0.2, 0.25) is 0 Å². The molecule has 0 saturated heterocycles. The van der Waals surface area contributed by atoms with Crippen molar-refractivity contribution in [2.45, 2.75) is 26.8 Å². The number of hydrogen-bond donors (Lipinski definition) is 3. The van der Waals surface area contributed by atoms with Gasteiger partial charge in [-0.1, -0.05) is 0 Å². The third kappa shape index (κ3) is 2.54. The lowest BCUT2D eigenvalue weighted by atomic mass is 10.1. The number of fused-ring (bicyclic) bond motifs is 3. The van der Waals surface area contributed by atoms with Gasteiger partial charge in [0, 0.05) is 28.4 Å². The lowest BCUT2D eigenvalue weighted by Crippen LogP contribution is -2.38. The van der Waals surface area contributed by atoms with Crippen LogP contribution in [0.4, 0.5) is 0 Å². The van der Waals surface area contributed by atoms with Crippen LogP contribution >= 0.6 is 11.3 Å². The predicted molar refractivity (Wildman–Crippen MR) is 90.6 cm³/mol. The fourth-order valence-corrected chi connectivity index (χ4v) is 3.65. The zero-order valence-corrected chi connectivity index (χ0v) is 14.1. The number of carboxylic acids is 1. The molecule has 7 nitrogen and oxygen atoms in total. The van der Waals surface area contributed by atoms with Gasteiger partial charge in [0.05, 0.1) is 9.40 Å². The molecule has 0 spiro atoms. The molecule has 0 aliphatic rings. The first-order valence-corrected chi connectivity index (χ1v) is 8.03. The highest BCUT2D eigenvalue weighted by Crippen LogP contribution is 2.41. The van der Waals surface area contributed by atoms with Crippen molar-refractivity contribution in [3.8, 4) is 5.75 Å². The Kier molecular flexibility index (Phi) is 3.84. The number of rotatable bonds is 3. The normalized spacial score (nSPS) is 12.5. The number of carboxylic acid groups (broad SMARTS) is 1. The van der Waals surface area contributed by atoms with E-state index in [4.69, 9.17) is 5.11 Å². The number of hydrogen-bond acceptors (Lipinski definition) is 6. The molecule has 0 unspecified atom stereocenters. The molecule has 1 atom stereocenters. The molecule has 3 N–H and O–H groups in total. The smallest absolute Gasteiger partial charge is 0.325 e. The van der Waals surface area contributed by atoms with Gasteiger partial charge in [0.2, 0.25) is 0 Å². The predicted octanol–water partition coefficient (Wildman–Crippen LogP) is 2.37. The monoisotopic (exact) mass is 345 g/mol. The summed E-state index contributed by atoms with van der Waals surface area (Å²) in [6.45, 7) is 4.97. The number of nitrogens with zero attached hydrogens (tertiary/aromatic N) is 2. The summed E-state index contributed by atoms with van der Waals surface area (Å²) < 4.78 is 1.42. The van der Waals surface area contributed by atoms with Crippen LogP contribution < -0.4 is 5.32 Å². The van der Waals surface area contributed by atoms with Crippen molar-refractivity contribution in [2.75, 3.05) is 0 Å². The minimum Gasteiger partial charge on any atom is -0.504 e. The van der Waals surface area contributed by atoms with E-state index in [0.29, 0.717) is 10.4 Å². The summed E-state index contributed by atoms with van der Waals surface area (Å²) in [5, 5.41) is 23.4. The van der Waals surface area contributed by atoms with E-state index in [2.05, 4.69) is 15.3 Å². The molecule has 3 aromatic rings. The van der Waals surface area contributed by atoms with Crippen LogP contribution in [0.3, 0.4) is 0 Å². The Morgan fingerprint density at radius 2 is 2.04 bits per heavy atom. The molecule has 24 heavy (non-hydrogen) atoms. The average Bonchev–Trinajstić information content (AvgIpc) is 2.89. The molecule has 124 valence electrons. The van der Waals surface area contributed by atoms with Crippen molar-refractivity contribution in [3.63, 3.8) is 0 Å². The number of carbonyl (C=O) groups excluding carboxylic acids is 1. The first-order chi connectivity index (χ1) is 11.3. The number of aryl methyl sites for hydroxylation is 2. The van der Waals surface area contributed by atoms with Crippen molar-refractivity contribution >= 4 is 43.4 Å². The maximum absolute atomic E-state index is 12.2. The third-order valence-electron chi connectivity index (χ3n) is 3.73. The molecule has 0 bridgehead atoms. The van der Waals surface area contributed by atoms with Gasteiger partial charge in [-0.05, 0) is 26.8 Å². The minimum atomic E-state index is -1.16. The highest BCUT2D eigenvalue weighted by atomic mass is 32.1. The second-order valence-corrected chi connectivity index (χ2v) is 6.61. The number of pyridine rings is 2. The Balaban J connectivity index is 2.18. The largest absolute Gasteiger partial charge is 0.504 e. The average molecular weight is 345 g/mol. The molecule has 3 heterocycles. The molecule has 3 rings (SSSR count). The van der Waals surface area contributed by atoms with Crippen LogP contribution in [0.5, 0.6) is 5.75 Å². The third-order valence-corrected chi connectivity index (χ3v) is 4.87. The van der Waals surface area contributed by atoms with Crippen molar-refractivity contribution in [1.29, 1.82) is 0 Å². The summed E-state index contributed by atoms with van der Waals surface area (Å²) in [7, 11) is 0. The second kappa shape index (κ2) is 5.72. The standard InChI is InChI=1S/C16H15N3O4S/c1-6-4-9-10(5-17-6)24-14-11(9)7(2)18-12(13(14)20)15(21)19-8(3)16(22)23/h4-5,8,20H,1-3H3,(H,19,21)(H,22,23)/t8-/m0/s1. The van der Waals surface area contributed by atoms with Gasteiger partial charge >= 0.3 is 5.97 Å². The van der Waals surface area contributed by atoms with Crippen molar-refractivity contribution < 1.29 is 19.8 Å². The number of carbonyl (C=O) groups is 2. The molecule has 8 heteroatoms. The summed E-state index contributed by atoms with van der Waals surface area (Å²) >= 11 is 1.32. The number of aliphatic carboxylic acids is 1. The highest BCUT2D eigenvalue weighted by Gasteiger charge is 2.23. The molecule has 3 aromatic heterocycles. The van der Waals surface area contributed by atoms with E-state index in [1.54, 1.807) is 13.1 Å². The first kappa shape index (κ1) is 16.1.